The number of unbranched alkanes of at least 4 members (excludes halogenated alkanes) is 27. The SMILES string of the molecule is CC/C=C\C/C=C\C/C=C\C/C=C\C/C=C\C/C=C\CCC(=O)OC[C@H](COC(=O)CCCCCCCCCCCCCCCCCCCCCCC)OC(=O)CCC/C=C\C/C=C\C/C=C\CCCCCCCC. The van der Waals surface area contributed by atoms with Crippen LogP contribution in [-0.4, -0.2) is 37.2 Å². The summed E-state index contributed by atoms with van der Waals surface area (Å²) in [6, 6.07) is 0. The lowest BCUT2D eigenvalue weighted by molar-refractivity contribution is -0.166. The number of allylic oxidation sites excluding steroid dienone is 18. The van der Waals surface area contributed by atoms with Crippen molar-refractivity contribution >= 4 is 17.9 Å². The molecule has 0 aliphatic rings. The Bertz CT molecular complexity index is 1520. The van der Waals surface area contributed by atoms with Gasteiger partial charge in [-0.25, -0.2) is 0 Å². The second kappa shape index (κ2) is 62.6. The predicted octanol–water partition coefficient (Wildman–Crippen LogP) is 21.4. The molecule has 0 spiro atoms. The Morgan fingerprint density at radius 1 is 0.280 bits per heavy atom. The zero-order valence-corrected chi connectivity index (χ0v) is 49.0. The molecule has 0 unspecified atom stereocenters. The Labute approximate surface area is 463 Å². The van der Waals surface area contributed by atoms with Gasteiger partial charge in [0.25, 0.3) is 0 Å². The van der Waals surface area contributed by atoms with Crippen molar-refractivity contribution in [1.29, 1.82) is 0 Å². The Balaban J connectivity index is 4.51. The molecule has 428 valence electrons. The maximum absolute atomic E-state index is 12.9. The van der Waals surface area contributed by atoms with E-state index in [4.69, 9.17) is 14.2 Å². The predicted molar refractivity (Wildman–Crippen MR) is 325 cm³/mol. The minimum Gasteiger partial charge on any atom is -0.462 e. The van der Waals surface area contributed by atoms with Gasteiger partial charge in [-0.05, 0) is 89.9 Å². The van der Waals surface area contributed by atoms with Gasteiger partial charge in [0, 0.05) is 19.3 Å². The summed E-state index contributed by atoms with van der Waals surface area (Å²) in [5.74, 6) is -1.05. The van der Waals surface area contributed by atoms with Gasteiger partial charge in [-0.3, -0.25) is 14.4 Å². The van der Waals surface area contributed by atoms with Gasteiger partial charge in [-0.1, -0.05) is 291 Å². The zero-order valence-electron chi connectivity index (χ0n) is 49.0. The number of hydrogen-bond acceptors (Lipinski definition) is 6. The van der Waals surface area contributed by atoms with Crippen molar-refractivity contribution in [3.05, 3.63) is 109 Å². The van der Waals surface area contributed by atoms with Crippen molar-refractivity contribution in [3.63, 3.8) is 0 Å². The molecule has 0 aromatic rings. The molecule has 0 amide bonds. The zero-order chi connectivity index (χ0) is 54.3. The summed E-state index contributed by atoms with van der Waals surface area (Å²) in [7, 11) is 0. The summed E-state index contributed by atoms with van der Waals surface area (Å²) < 4.78 is 16.8. The molecule has 75 heavy (non-hydrogen) atoms. The van der Waals surface area contributed by atoms with Crippen LogP contribution in [0.2, 0.25) is 0 Å². The first-order valence-corrected chi connectivity index (χ1v) is 31.4. The van der Waals surface area contributed by atoms with Crippen molar-refractivity contribution in [1.82, 2.24) is 0 Å². The van der Waals surface area contributed by atoms with Crippen molar-refractivity contribution < 1.29 is 28.6 Å². The number of ether oxygens (including phenoxy) is 3. The first kappa shape index (κ1) is 71.1. The molecule has 0 N–H and O–H groups in total. The molecule has 0 aromatic carbocycles. The molecule has 0 aromatic heterocycles. The van der Waals surface area contributed by atoms with Crippen molar-refractivity contribution in [2.75, 3.05) is 13.2 Å². The minimum absolute atomic E-state index is 0.120. The van der Waals surface area contributed by atoms with Crippen LogP contribution in [0.15, 0.2) is 109 Å². The largest absolute Gasteiger partial charge is 0.462 e. The maximum Gasteiger partial charge on any atom is 0.306 e. The van der Waals surface area contributed by atoms with Crippen molar-refractivity contribution in [2.45, 2.75) is 297 Å². The average molecular weight is 1040 g/mol. The van der Waals surface area contributed by atoms with Crippen LogP contribution in [0.5, 0.6) is 0 Å². The quantitative estimate of drug-likeness (QED) is 0.0261. The van der Waals surface area contributed by atoms with E-state index in [1.54, 1.807) is 0 Å². The molecular formula is C69H116O6. The van der Waals surface area contributed by atoms with E-state index in [1.807, 2.05) is 6.08 Å². The first-order valence-electron chi connectivity index (χ1n) is 31.4. The standard InChI is InChI=1S/C69H116O6/c1-4-7-10-13-16-19-22-25-28-31-33-34-36-39-41-44-47-50-53-56-59-62-68(71)74-65-66(75-69(72)63-60-57-54-51-48-45-42-37-30-27-24-21-18-15-12-9-6-3)64-73-67(70)61-58-55-52-49-46-43-40-38-35-32-29-26-23-20-17-14-11-8-5-2/h8,11,17,20,26-27,29-30,35,38,42-43,45-46,51-52,54-55,66H,4-7,9-10,12-16,18-19,21-25,28,31-34,36-37,39-41,44,47-50,53,56-65H2,1-3H3/b11-8-,20-17-,29-26-,30-27-,38-35-,45-42-,46-43-,54-51-,55-52-/t66-/m1/s1. The van der Waals surface area contributed by atoms with Crippen LogP contribution >= 0.6 is 0 Å². The second-order valence-corrected chi connectivity index (χ2v) is 20.6. The second-order valence-electron chi connectivity index (χ2n) is 20.6. The van der Waals surface area contributed by atoms with Crippen LogP contribution in [0, 0.1) is 0 Å². The summed E-state index contributed by atoms with van der Waals surface area (Å²) in [4.78, 5) is 38.2. The summed E-state index contributed by atoms with van der Waals surface area (Å²) in [5.41, 5.74) is 0. The van der Waals surface area contributed by atoms with Crippen molar-refractivity contribution in [3.8, 4) is 0 Å². The molecule has 0 fully saturated rings. The van der Waals surface area contributed by atoms with Crippen LogP contribution < -0.4 is 0 Å². The van der Waals surface area contributed by atoms with Gasteiger partial charge in [0.2, 0.25) is 0 Å². The van der Waals surface area contributed by atoms with Crippen LogP contribution in [0.25, 0.3) is 0 Å². The highest BCUT2D eigenvalue weighted by Gasteiger charge is 2.19. The van der Waals surface area contributed by atoms with E-state index in [0.29, 0.717) is 19.3 Å². The van der Waals surface area contributed by atoms with Crippen LogP contribution in [0.4, 0.5) is 0 Å². The third kappa shape index (κ3) is 60.8. The molecule has 0 aliphatic heterocycles. The van der Waals surface area contributed by atoms with E-state index < -0.39 is 6.10 Å². The normalized spacial score (nSPS) is 12.8. The fourth-order valence-electron chi connectivity index (χ4n) is 8.60. The average Bonchev–Trinajstić information content (AvgIpc) is 3.41. The highest BCUT2D eigenvalue weighted by Crippen LogP contribution is 2.16. The van der Waals surface area contributed by atoms with Crippen LogP contribution in [-0.2, 0) is 28.6 Å². The molecule has 6 heteroatoms. The molecule has 6 nitrogen and oxygen atoms in total. The van der Waals surface area contributed by atoms with Crippen LogP contribution in [0.3, 0.4) is 0 Å². The van der Waals surface area contributed by atoms with Crippen LogP contribution in [0.1, 0.15) is 290 Å². The monoisotopic (exact) mass is 1040 g/mol. The van der Waals surface area contributed by atoms with E-state index in [2.05, 4.69) is 124 Å². The summed E-state index contributed by atoms with van der Waals surface area (Å²) in [6.07, 6.45) is 85.4. The maximum atomic E-state index is 12.9. The lowest BCUT2D eigenvalue weighted by atomic mass is 10.0. The molecular weight excluding hydrogens is 925 g/mol. The summed E-state index contributed by atoms with van der Waals surface area (Å²) in [5, 5.41) is 0. The molecule has 0 heterocycles. The fourth-order valence-corrected chi connectivity index (χ4v) is 8.60. The lowest BCUT2D eigenvalue weighted by Crippen LogP contribution is -2.30. The van der Waals surface area contributed by atoms with Gasteiger partial charge in [-0.15, -0.1) is 0 Å². The number of carbonyl (C=O) groups is 3. The Kier molecular flexibility index (Phi) is 59.3. The molecule has 0 radical (unpaired) electrons. The molecule has 1 atom stereocenters. The smallest absolute Gasteiger partial charge is 0.306 e. The van der Waals surface area contributed by atoms with E-state index in [0.717, 1.165) is 77.0 Å². The van der Waals surface area contributed by atoms with E-state index in [-0.39, 0.29) is 44.0 Å². The number of rotatable bonds is 56. The first-order chi connectivity index (χ1) is 37.0. The Hall–Kier alpha value is -3.93. The molecule has 0 saturated carbocycles. The number of carbonyl (C=O) groups excluding carboxylic acids is 3. The third-order valence-electron chi connectivity index (χ3n) is 13.3. The topological polar surface area (TPSA) is 78.9 Å². The number of hydrogen-bond donors (Lipinski definition) is 0. The summed E-state index contributed by atoms with van der Waals surface area (Å²) >= 11 is 0. The third-order valence-corrected chi connectivity index (χ3v) is 13.3. The van der Waals surface area contributed by atoms with E-state index >= 15 is 0 Å². The highest BCUT2D eigenvalue weighted by molar-refractivity contribution is 5.71. The van der Waals surface area contributed by atoms with Gasteiger partial charge in [0.05, 0.1) is 0 Å². The van der Waals surface area contributed by atoms with Gasteiger partial charge in [0.15, 0.2) is 6.10 Å². The molecule has 0 rings (SSSR count). The van der Waals surface area contributed by atoms with Gasteiger partial charge in [-0.2, -0.15) is 0 Å². The Morgan fingerprint density at radius 2 is 0.560 bits per heavy atom. The van der Waals surface area contributed by atoms with Gasteiger partial charge >= 0.3 is 17.9 Å². The molecule has 0 aliphatic carbocycles. The molecule has 0 bridgehead atoms. The Morgan fingerprint density at radius 3 is 0.933 bits per heavy atom. The van der Waals surface area contributed by atoms with E-state index in [1.165, 1.54) is 161 Å². The van der Waals surface area contributed by atoms with Gasteiger partial charge in [0.1, 0.15) is 13.2 Å². The van der Waals surface area contributed by atoms with Gasteiger partial charge < -0.3 is 14.2 Å². The summed E-state index contributed by atoms with van der Waals surface area (Å²) in [6.45, 7) is 6.44. The minimum atomic E-state index is -0.837. The van der Waals surface area contributed by atoms with E-state index in [9.17, 15) is 14.4 Å². The number of esters is 3. The van der Waals surface area contributed by atoms with Crippen molar-refractivity contribution in [2.24, 2.45) is 0 Å². The fraction of sp³-hybridized carbons (Fsp3) is 0.696. The lowest BCUT2D eigenvalue weighted by Gasteiger charge is -2.18. The molecule has 0 saturated heterocycles. The highest BCUT2D eigenvalue weighted by atomic mass is 16.6.